The molecule has 3 rings (SSSR count). The number of hydrazine groups is 1. The van der Waals surface area contributed by atoms with E-state index in [0.29, 0.717) is 16.6 Å². The lowest BCUT2D eigenvalue weighted by atomic mass is 10.1. The van der Waals surface area contributed by atoms with Crippen molar-refractivity contribution in [2.75, 3.05) is 7.11 Å². The quantitative estimate of drug-likeness (QED) is 0.897. The average molecular weight is 333 g/mol. The first kappa shape index (κ1) is 15.4. The minimum Gasteiger partial charge on any atom is -0.497 e. The van der Waals surface area contributed by atoms with Crippen molar-refractivity contribution < 1.29 is 13.5 Å². The number of methoxy groups -OCH3 is 1. The first-order valence-corrected chi connectivity index (χ1v) is 7.61. The zero-order chi connectivity index (χ0) is 16.2. The molecular formula is C16H13F2N3OS. The summed E-state index contributed by atoms with van der Waals surface area (Å²) in [7, 11) is 1.59. The molecule has 1 aliphatic heterocycles. The van der Waals surface area contributed by atoms with E-state index in [2.05, 4.69) is 15.8 Å². The summed E-state index contributed by atoms with van der Waals surface area (Å²) < 4.78 is 32.1. The molecule has 0 radical (unpaired) electrons. The highest BCUT2D eigenvalue weighted by Gasteiger charge is 2.14. The molecule has 0 atom stereocenters. The van der Waals surface area contributed by atoms with Crippen molar-refractivity contribution in [3.63, 3.8) is 0 Å². The first-order chi connectivity index (χ1) is 11.2. The van der Waals surface area contributed by atoms with Gasteiger partial charge in [0.25, 0.3) is 0 Å². The van der Waals surface area contributed by atoms with Crippen LogP contribution in [0.1, 0.15) is 5.56 Å². The highest BCUT2D eigenvalue weighted by Crippen LogP contribution is 2.25. The minimum absolute atomic E-state index is 0.158. The maximum absolute atomic E-state index is 13.8. The van der Waals surface area contributed by atoms with Crippen LogP contribution in [0.2, 0.25) is 0 Å². The van der Waals surface area contributed by atoms with Gasteiger partial charge in [-0.1, -0.05) is 17.8 Å². The standard InChI is InChI=1S/C16H13F2N3OS/c1-22-12-4-2-3-11(8-12)19-16-21-20-15(9-23-16)13-7-10(17)5-6-14(13)18/h2-9,20H,1H3,(H,19,21). The van der Waals surface area contributed by atoms with Gasteiger partial charge in [-0.05, 0) is 30.3 Å². The molecule has 0 unspecified atom stereocenters. The Hall–Kier alpha value is -2.54. The summed E-state index contributed by atoms with van der Waals surface area (Å²) >= 11 is 1.27. The van der Waals surface area contributed by atoms with Gasteiger partial charge in [0.05, 0.1) is 18.5 Å². The van der Waals surface area contributed by atoms with Gasteiger partial charge < -0.3 is 4.74 Å². The molecule has 0 aromatic heterocycles. The number of halogens is 2. The lowest BCUT2D eigenvalue weighted by Gasteiger charge is -2.19. The Balaban J connectivity index is 1.80. The summed E-state index contributed by atoms with van der Waals surface area (Å²) in [4.78, 5) is 4.41. The highest BCUT2D eigenvalue weighted by atomic mass is 32.2. The fourth-order valence-electron chi connectivity index (χ4n) is 1.98. The first-order valence-electron chi connectivity index (χ1n) is 6.73. The Bertz CT molecular complexity index is 793. The van der Waals surface area contributed by atoms with Gasteiger partial charge in [-0.3, -0.25) is 10.9 Å². The molecule has 0 amide bonds. The molecule has 1 aliphatic rings. The van der Waals surface area contributed by atoms with Gasteiger partial charge in [0.15, 0.2) is 5.17 Å². The third kappa shape index (κ3) is 3.62. The SMILES string of the molecule is COc1cccc(N=C2NNC(c3cc(F)ccc3F)=CS2)c1. The molecule has 0 aliphatic carbocycles. The summed E-state index contributed by atoms with van der Waals surface area (Å²) in [5.74, 6) is -0.288. The van der Waals surface area contributed by atoms with Gasteiger partial charge in [0.2, 0.25) is 0 Å². The summed E-state index contributed by atoms with van der Waals surface area (Å²) in [5, 5.41) is 2.26. The third-order valence-electron chi connectivity index (χ3n) is 3.10. The molecule has 2 aromatic carbocycles. The van der Waals surface area contributed by atoms with E-state index in [1.54, 1.807) is 18.6 Å². The molecule has 2 aromatic rings. The molecule has 7 heteroatoms. The monoisotopic (exact) mass is 333 g/mol. The van der Waals surface area contributed by atoms with Crippen LogP contribution in [0.15, 0.2) is 52.9 Å². The van der Waals surface area contributed by atoms with Crippen LogP contribution in [0.25, 0.3) is 5.70 Å². The number of hydrogen-bond donors (Lipinski definition) is 2. The topological polar surface area (TPSA) is 45.6 Å². The second-order valence-corrected chi connectivity index (χ2v) is 5.50. The molecule has 0 saturated heterocycles. The molecule has 4 nitrogen and oxygen atoms in total. The van der Waals surface area contributed by atoms with Crippen LogP contribution in [0.3, 0.4) is 0 Å². The maximum Gasteiger partial charge on any atom is 0.184 e. The molecule has 0 fully saturated rings. The molecule has 0 spiro atoms. The van der Waals surface area contributed by atoms with E-state index in [9.17, 15) is 8.78 Å². The van der Waals surface area contributed by atoms with E-state index in [-0.39, 0.29) is 5.56 Å². The van der Waals surface area contributed by atoms with E-state index in [1.165, 1.54) is 11.8 Å². The van der Waals surface area contributed by atoms with Crippen molar-refractivity contribution in [2.24, 2.45) is 4.99 Å². The van der Waals surface area contributed by atoms with E-state index < -0.39 is 11.6 Å². The molecular weight excluding hydrogens is 320 g/mol. The zero-order valence-electron chi connectivity index (χ0n) is 12.1. The zero-order valence-corrected chi connectivity index (χ0v) is 13.0. The third-order valence-corrected chi connectivity index (χ3v) is 3.87. The van der Waals surface area contributed by atoms with Gasteiger partial charge in [-0.2, -0.15) is 0 Å². The number of ether oxygens (including phenoxy) is 1. The number of hydrogen-bond acceptors (Lipinski definition) is 4. The van der Waals surface area contributed by atoms with Crippen molar-refractivity contribution in [3.05, 3.63) is 65.1 Å². The second kappa shape index (κ2) is 6.70. The van der Waals surface area contributed by atoms with Gasteiger partial charge in [0.1, 0.15) is 17.4 Å². The van der Waals surface area contributed by atoms with Crippen LogP contribution in [-0.2, 0) is 0 Å². The number of rotatable bonds is 3. The number of benzene rings is 2. The predicted octanol–water partition coefficient (Wildman–Crippen LogP) is 3.80. The summed E-state index contributed by atoms with van der Waals surface area (Å²) in [6.45, 7) is 0. The summed E-state index contributed by atoms with van der Waals surface area (Å²) in [6.07, 6.45) is 0. The van der Waals surface area contributed by atoms with E-state index >= 15 is 0 Å². The molecule has 2 N–H and O–H groups in total. The maximum atomic E-state index is 13.8. The number of nitrogens with zero attached hydrogens (tertiary/aromatic N) is 1. The van der Waals surface area contributed by atoms with E-state index in [1.807, 2.05) is 18.2 Å². The Morgan fingerprint density at radius 3 is 2.70 bits per heavy atom. The lowest BCUT2D eigenvalue weighted by Crippen LogP contribution is -2.37. The Kier molecular flexibility index (Phi) is 4.47. The molecule has 23 heavy (non-hydrogen) atoms. The Labute approximate surface area is 136 Å². The lowest BCUT2D eigenvalue weighted by molar-refractivity contribution is 0.415. The van der Waals surface area contributed by atoms with Gasteiger partial charge in [0, 0.05) is 17.0 Å². The van der Waals surface area contributed by atoms with Crippen LogP contribution in [0.5, 0.6) is 5.75 Å². The fraction of sp³-hybridized carbons (Fsp3) is 0.0625. The fourth-order valence-corrected chi connectivity index (χ4v) is 2.66. The number of nitrogens with one attached hydrogen (secondary N) is 2. The van der Waals surface area contributed by atoms with Gasteiger partial charge >= 0.3 is 0 Å². The minimum atomic E-state index is -0.499. The highest BCUT2D eigenvalue weighted by molar-refractivity contribution is 8.16. The summed E-state index contributed by atoms with van der Waals surface area (Å²) in [6, 6.07) is 10.6. The van der Waals surface area contributed by atoms with Crippen molar-refractivity contribution in [1.82, 2.24) is 10.9 Å². The van der Waals surface area contributed by atoms with Gasteiger partial charge in [-0.15, -0.1) is 0 Å². The smallest absolute Gasteiger partial charge is 0.184 e. The van der Waals surface area contributed by atoms with Crippen molar-refractivity contribution in [1.29, 1.82) is 0 Å². The predicted molar refractivity (Wildman–Crippen MR) is 88.3 cm³/mol. The average Bonchev–Trinajstić information content (AvgIpc) is 2.58. The molecule has 1 heterocycles. The summed E-state index contributed by atoms with van der Waals surface area (Å²) in [5.41, 5.74) is 7.01. The number of amidine groups is 1. The van der Waals surface area contributed by atoms with Crippen LogP contribution >= 0.6 is 11.8 Å². The van der Waals surface area contributed by atoms with Crippen LogP contribution < -0.4 is 15.6 Å². The van der Waals surface area contributed by atoms with Crippen molar-refractivity contribution >= 4 is 28.3 Å². The number of aliphatic imine (C=N–C) groups is 1. The van der Waals surface area contributed by atoms with Crippen molar-refractivity contribution in [3.8, 4) is 5.75 Å². The van der Waals surface area contributed by atoms with Crippen LogP contribution in [0, 0.1) is 11.6 Å². The number of thioether (sulfide) groups is 1. The van der Waals surface area contributed by atoms with Crippen LogP contribution in [-0.4, -0.2) is 12.3 Å². The van der Waals surface area contributed by atoms with Gasteiger partial charge in [-0.25, -0.2) is 13.8 Å². The molecule has 0 bridgehead atoms. The largest absolute Gasteiger partial charge is 0.497 e. The van der Waals surface area contributed by atoms with E-state index in [0.717, 1.165) is 23.9 Å². The Morgan fingerprint density at radius 2 is 1.96 bits per heavy atom. The molecule has 0 saturated carbocycles. The Morgan fingerprint density at radius 1 is 1.09 bits per heavy atom. The van der Waals surface area contributed by atoms with Crippen LogP contribution in [0.4, 0.5) is 14.5 Å². The van der Waals surface area contributed by atoms with Crippen molar-refractivity contribution in [2.45, 2.75) is 0 Å². The van der Waals surface area contributed by atoms with E-state index in [4.69, 9.17) is 4.74 Å². The molecule has 118 valence electrons. The second-order valence-electron chi connectivity index (χ2n) is 4.64. The normalized spacial score (nSPS) is 15.6.